The molecule has 0 aliphatic carbocycles. The Morgan fingerprint density at radius 1 is 0.895 bits per heavy atom. The van der Waals surface area contributed by atoms with Crippen molar-refractivity contribution in [2.45, 2.75) is 6.54 Å². The van der Waals surface area contributed by atoms with Gasteiger partial charge in [0.1, 0.15) is 12.4 Å². The molecule has 0 amide bonds. The molecular formula is C17H15NO. The van der Waals surface area contributed by atoms with Crippen LogP contribution in [0.4, 0.5) is 0 Å². The Bertz CT molecular complexity index is 629. The van der Waals surface area contributed by atoms with Crippen molar-refractivity contribution < 1.29 is 4.74 Å². The van der Waals surface area contributed by atoms with Crippen LogP contribution in [0.15, 0.2) is 59.6 Å². The molecule has 19 heavy (non-hydrogen) atoms. The lowest BCUT2D eigenvalue weighted by Gasteiger charge is -2.10. The fraction of sp³-hybridized carbons (Fsp3) is 0.118. The molecule has 0 radical (unpaired) electrons. The zero-order valence-electron chi connectivity index (χ0n) is 10.6. The Kier molecular flexibility index (Phi) is 3.41. The Balaban J connectivity index is 0.000000117. The second-order valence-corrected chi connectivity index (χ2v) is 4.42. The van der Waals surface area contributed by atoms with Gasteiger partial charge in [0, 0.05) is 11.8 Å². The molecule has 2 aromatic carbocycles. The lowest BCUT2D eigenvalue weighted by Crippen LogP contribution is -1.98. The number of hydrogen-bond donors (Lipinski definition) is 0. The molecule has 0 saturated heterocycles. The molecular weight excluding hydrogens is 234 g/mol. The lowest BCUT2D eigenvalue weighted by atomic mass is 10.1. The van der Waals surface area contributed by atoms with Crippen LogP contribution < -0.4 is 4.74 Å². The smallest absolute Gasteiger partial charge is 0.126 e. The molecule has 0 bridgehead atoms. The van der Waals surface area contributed by atoms with E-state index < -0.39 is 0 Å². The van der Waals surface area contributed by atoms with E-state index in [2.05, 4.69) is 23.2 Å². The highest BCUT2D eigenvalue weighted by molar-refractivity contribution is 5.84. The van der Waals surface area contributed by atoms with Gasteiger partial charge in [0.15, 0.2) is 0 Å². The molecule has 2 heteroatoms. The highest BCUT2D eigenvalue weighted by Gasteiger charge is 2.02. The number of benzene rings is 2. The van der Waals surface area contributed by atoms with Crippen molar-refractivity contribution in [1.29, 1.82) is 0 Å². The van der Waals surface area contributed by atoms with Gasteiger partial charge in [-0.05, 0) is 23.3 Å². The van der Waals surface area contributed by atoms with Gasteiger partial charge in [-0.2, -0.15) is 0 Å². The number of aliphatic imine (C=N–C) groups is 1. The summed E-state index contributed by atoms with van der Waals surface area (Å²) in [6, 6.07) is 16.3. The van der Waals surface area contributed by atoms with E-state index in [9.17, 15) is 0 Å². The maximum absolute atomic E-state index is 5.34. The van der Waals surface area contributed by atoms with Crippen molar-refractivity contribution >= 4 is 12.3 Å². The molecule has 0 spiro atoms. The average Bonchev–Trinajstić information content (AvgIpc) is 2.96. The first kappa shape index (κ1) is 11.7. The molecule has 2 aromatic rings. The normalized spacial score (nSPS) is 13.9. The van der Waals surface area contributed by atoms with E-state index in [4.69, 9.17) is 4.74 Å². The molecule has 2 aliphatic heterocycles. The van der Waals surface area contributed by atoms with Crippen LogP contribution in [0.3, 0.4) is 0 Å². The molecule has 2 heterocycles. The van der Waals surface area contributed by atoms with E-state index in [1.165, 1.54) is 16.7 Å². The van der Waals surface area contributed by atoms with Crippen molar-refractivity contribution in [2.75, 3.05) is 6.61 Å². The van der Waals surface area contributed by atoms with Gasteiger partial charge in [-0.3, -0.25) is 4.99 Å². The first-order valence-electron chi connectivity index (χ1n) is 6.39. The van der Waals surface area contributed by atoms with Crippen LogP contribution in [-0.4, -0.2) is 12.8 Å². The van der Waals surface area contributed by atoms with Crippen LogP contribution in [0, 0.1) is 0 Å². The quantitative estimate of drug-likeness (QED) is 0.697. The summed E-state index contributed by atoms with van der Waals surface area (Å²) in [5.74, 6) is 0.991. The molecule has 0 aromatic heterocycles. The molecule has 2 nitrogen and oxygen atoms in total. The number of nitrogens with zero attached hydrogens (tertiary/aromatic N) is 1. The largest absolute Gasteiger partial charge is 0.489 e. The molecule has 94 valence electrons. The highest BCUT2D eigenvalue weighted by Crippen LogP contribution is 2.21. The summed E-state index contributed by atoms with van der Waals surface area (Å²) < 4.78 is 5.34. The Morgan fingerprint density at radius 3 is 2.53 bits per heavy atom. The third-order valence-corrected chi connectivity index (χ3v) is 3.10. The van der Waals surface area contributed by atoms with Crippen molar-refractivity contribution in [3.63, 3.8) is 0 Å². The number of para-hydroxylation sites is 1. The summed E-state index contributed by atoms with van der Waals surface area (Å²) in [7, 11) is 0. The lowest BCUT2D eigenvalue weighted by molar-refractivity contribution is 0.358. The molecule has 4 rings (SSSR count). The predicted octanol–water partition coefficient (Wildman–Crippen LogP) is 3.71. The standard InChI is InChI=1S/C9H8O.C8H7N/c1-2-6-9-8(4-1)5-3-7-10-9;1-2-4-8-6-9-5-7(8)3-1/h1-6H,7H2;1-5H,6H2. The topological polar surface area (TPSA) is 21.6 Å². The van der Waals surface area contributed by atoms with Crippen LogP contribution in [0.5, 0.6) is 5.75 Å². The molecule has 0 saturated carbocycles. The van der Waals surface area contributed by atoms with Crippen LogP contribution >= 0.6 is 0 Å². The van der Waals surface area contributed by atoms with Gasteiger partial charge in [0.05, 0.1) is 6.54 Å². The highest BCUT2D eigenvalue weighted by atomic mass is 16.5. The van der Waals surface area contributed by atoms with Gasteiger partial charge in [-0.15, -0.1) is 0 Å². The average molecular weight is 249 g/mol. The summed E-state index contributed by atoms with van der Waals surface area (Å²) in [5, 5.41) is 0. The first-order valence-corrected chi connectivity index (χ1v) is 6.39. The summed E-state index contributed by atoms with van der Waals surface area (Å²) >= 11 is 0. The second kappa shape index (κ2) is 5.53. The third-order valence-electron chi connectivity index (χ3n) is 3.10. The summed E-state index contributed by atoms with van der Waals surface area (Å²) in [5.41, 5.74) is 3.80. The number of hydrogen-bond acceptors (Lipinski definition) is 2. The van der Waals surface area contributed by atoms with Gasteiger partial charge in [-0.25, -0.2) is 0 Å². The van der Waals surface area contributed by atoms with Gasteiger partial charge >= 0.3 is 0 Å². The fourth-order valence-corrected chi connectivity index (χ4v) is 2.11. The molecule has 0 atom stereocenters. The van der Waals surface area contributed by atoms with Crippen molar-refractivity contribution in [1.82, 2.24) is 0 Å². The van der Waals surface area contributed by atoms with E-state index in [1.54, 1.807) is 0 Å². The van der Waals surface area contributed by atoms with Crippen molar-refractivity contribution in [3.05, 3.63) is 71.3 Å². The molecule has 0 N–H and O–H groups in total. The van der Waals surface area contributed by atoms with Gasteiger partial charge in [0.2, 0.25) is 0 Å². The first-order chi connectivity index (χ1) is 9.43. The van der Waals surface area contributed by atoms with E-state index in [0.717, 1.165) is 12.3 Å². The van der Waals surface area contributed by atoms with E-state index in [0.29, 0.717) is 6.61 Å². The molecule has 0 fully saturated rings. The number of fused-ring (bicyclic) bond motifs is 2. The van der Waals surface area contributed by atoms with Crippen molar-refractivity contribution in [3.8, 4) is 5.75 Å². The summed E-state index contributed by atoms with van der Waals surface area (Å²) in [6.45, 7) is 1.58. The van der Waals surface area contributed by atoms with Gasteiger partial charge in [-0.1, -0.05) is 48.5 Å². The number of ether oxygens (including phenoxy) is 1. The van der Waals surface area contributed by atoms with Crippen molar-refractivity contribution in [2.24, 2.45) is 4.99 Å². The van der Waals surface area contributed by atoms with E-state index in [-0.39, 0.29) is 0 Å². The Labute approximate surface area is 113 Å². The Morgan fingerprint density at radius 2 is 1.68 bits per heavy atom. The van der Waals surface area contributed by atoms with E-state index >= 15 is 0 Å². The minimum Gasteiger partial charge on any atom is -0.489 e. The van der Waals surface area contributed by atoms with E-state index in [1.807, 2.05) is 48.7 Å². The molecule has 2 aliphatic rings. The maximum Gasteiger partial charge on any atom is 0.126 e. The molecule has 0 unspecified atom stereocenters. The minimum absolute atomic E-state index is 0.705. The minimum atomic E-state index is 0.705. The van der Waals surface area contributed by atoms with Gasteiger partial charge in [0.25, 0.3) is 0 Å². The Hall–Kier alpha value is -2.35. The van der Waals surface area contributed by atoms with Crippen LogP contribution in [0.1, 0.15) is 16.7 Å². The third kappa shape index (κ3) is 2.74. The van der Waals surface area contributed by atoms with Crippen LogP contribution in [0.2, 0.25) is 0 Å². The summed E-state index contributed by atoms with van der Waals surface area (Å²) in [6.07, 6.45) is 6.02. The SMILES string of the molecule is C1=Cc2ccccc2OC1.C1=NCc2ccccc21. The van der Waals surface area contributed by atoms with Gasteiger partial charge < -0.3 is 4.74 Å². The summed E-state index contributed by atoms with van der Waals surface area (Å²) in [4.78, 5) is 4.13. The fourth-order valence-electron chi connectivity index (χ4n) is 2.11. The predicted molar refractivity (Wildman–Crippen MR) is 78.7 cm³/mol. The zero-order valence-corrected chi connectivity index (χ0v) is 10.6. The van der Waals surface area contributed by atoms with Crippen LogP contribution in [0.25, 0.3) is 6.08 Å². The monoisotopic (exact) mass is 249 g/mol. The van der Waals surface area contributed by atoms with Crippen LogP contribution in [-0.2, 0) is 6.54 Å². The second-order valence-electron chi connectivity index (χ2n) is 4.42. The number of rotatable bonds is 0. The zero-order chi connectivity index (χ0) is 12.9. The maximum atomic E-state index is 5.34.